The summed E-state index contributed by atoms with van der Waals surface area (Å²) in [5, 5.41) is 0.736. The van der Waals surface area contributed by atoms with E-state index in [0.29, 0.717) is 4.91 Å². The number of amides is 2. The molecule has 4 rings (SSSR count). The summed E-state index contributed by atoms with van der Waals surface area (Å²) in [6, 6.07) is 18.4. The molecule has 2 amide bonds. The number of para-hydroxylation sites is 1. The van der Waals surface area contributed by atoms with E-state index in [1.165, 1.54) is 5.56 Å². The number of terminal acetylenes is 1. The number of hydrogen-bond acceptors (Lipinski definition) is 3. The quantitative estimate of drug-likeness (QED) is 0.483. The van der Waals surface area contributed by atoms with Crippen molar-refractivity contribution in [2.24, 2.45) is 0 Å². The van der Waals surface area contributed by atoms with Gasteiger partial charge in [-0.25, -0.2) is 0 Å². The minimum atomic E-state index is -0.327. The summed E-state index contributed by atoms with van der Waals surface area (Å²) in [7, 11) is 0. The highest BCUT2D eigenvalue weighted by Gasteiger charge is 2.34. The lowest BCUT2D eigenvalue weighted by Crippen LogP contribution is -2.28. The second-order valence-electron chi connectivity index (χ2n) is 6.56. The fourth-order valence-electron chi connectivity index (χ4n) is 3.47. The molecule has 2 heterocycles. The van der Waals surface area contributed by atoms with Crippen molar-refractivity contribution >= 4 is 39.9 Å². The van der Waals surface area contributed by atoms with Gasteiger partial charge in [0.15, 0.2) is 0 Å². The first-order valence-electron chi connectivity index (χ1n) is 8.90. The van der Waals surface area contributed by atoms with Crippen LogP contribution in [0, 0.1) is 19.3 Å². The van der Waals surface area contributed by atoms with E-state index >= 15 is 0 Å². The zero-order valence-electron chi connectivity index (χ0n) is 15.4. The van der Waals surface area contributed by atoms with Gasteiger partial charge in [-0.1, -0.05) is 54.5 Å². The Bertz CT molecular complexity index is 1150. The molecule has 1 fully saturated rings. The van der Waals surface area contributed by atoms with Gasteiger partial charge in [0.25, 0.3) is 11.1 Å². The molecule has 2 aromatic carbocycles. The number of benzene rings is 2. The Morgan fingerprint density at radius 1 is 1.07 bits per heavy atom. The van der Waals surface area contributed by atoms with Crippen molar-refractivity contribution in [2.45, 2.75) is 13.5 Å². The second kappa shape index (κ2) is 7.41. The highest BCUT2D eigenvalue weighted by atomic mass is 32.2. The van der Waals surface area contributed by atoms with Crippen molar-refractivity contribution < 1.29 is 9.59 Å². The number of fused-ring (bicyclic) bond motifs is 1. The Labute approximate surface area is 167 Å². The van der Waals surface area contributed by atoms with Gasteiger partial charge in [0.2, 0.25) is 0 Å². The second-order valence-corrected chi connectivity index (χ2v) is 7.55. The average molecular weight is 386 g/mol. The van der Waals surface area contributed by atoms with Gasteiger partial charge in [-0.05, 0) is 36.4 Å². The lowest BCUT2D eigenvalue weighted by atomic mass is 10.1. The van der Waals surface area contributed by atoms with Gasteiger partial charge in [0, 0.05) is 28.7 Å². The number of carbonyl (C=O) groups is 2. The Kier molecular flexibility index (Phi) is 4.81. The Morgan fingerprint density at radius 3 is 2.54 bits per heavy atom. The van der Waals surface area contributed by atoms with Crippen LogP contribution in [0.25, 0.3) is 17.0 Å². The highest BCUT2D eigenvalue weighted by molar-refractivity contribution is 8.18. The first kappa shape index (κ1) is 18.1. The van der Waals surface area contributed by atoms with Gasteiger partial charge >= 0.3 is 0 Å². The first-order chi connectivity index (χ1) is 13.6. The smallest absolute Gasteiger partial charge is 0.294 e. The monoisotopic (exact) mass is 386 g/mol. The van der Waals surface area contributed by atoms with Crippen LogP contribution in [-0.4, -0.2) is 27.2 Å². The highest BCUT2D eigenvalue weighted by Crippen LogP contribution is 2.35. The van der Waals surface area contributed by atoms with Crippen molar-refractivity contribution in [1.29, 1.82) is 0 Å². The number of imide groups is 1. The summed E-state index contributed by atoms with van der Waals surface area (Å²) in [4.78, 5) is 26.2. The predicted octanol–water partition coefficient (Wildman–Crippen LogP) is 4.67. The van der Waals surface area contributed by atoms with Crippen molar-refractivity contribution in [3.8, 4) is 12.3 Å². The topological polar surface area (TPSA) is 42.3 Å². The van der Waals surface area contributed by atoms with E-state index < -0.39 is 0 Å². The van der Waals surface area contributed by atoms with Crippen LogP contribution in [0.4, 0.5) is 4.79 Å². The van der Waals surface area contributed by atoms with E-state index in [9.17, 15) is 9.59 Å². The van der Waals surface area contributed by atoms with E-state index in [-0.39, 0.29) is 17.7 Å². The van der Waals surface area contributed by atoms with Crippen molar-refractivity contribution in [3.05, 3.63) is 76.3 Å². The molecule has 1 aromatic heterocycles. The summed E-state index contributed by atoms with van der Waals surface area (Å²) in [5.74, 6) is 2.04. The van der Waals surface area contributed by atoms with Crippen LogP contribution in [0.2, 0.25) is 0 Å². The minimum absolute atomic E-state index is 0.00322. The number of thioether (sulfide) groups is 1. The largest absolute Gasteiger partial charge is 0.340 e. The third-order valence-corrected chi connectivity index (χ3v) is 5.77. The standard InChI is InChI=1S/C23H18N2O2S/c1-3-13-24-22(26)21(28-23(24)27)14-19-16(2)25(15-17-9-5-4-6-10-17)20-12-8-7-11-18(19)20/h1,4-12,14H,13,15H2,2H3/b21-14-. The van der Waals surface area contributed by atoms with Crippen LogP contribution in [0.5, 0.6) is 0 Å². The molecule has 28 heavy (non-hydrogen) atoms. The number of aromatic nitrogens is 1. The number of carbonyl (C=O) groups excluding carboxylic acids is 2. The lowest BCUT2D eigenvalue weighted by Gasteiger charge is -2.09. The molecular weight excluding hydrogens is 368 g/mol. The molecule has 0 spiro atoms. The number of rotatable bonds is 4. The van der Waals surface area contributed by atoms with Crippen LogP contribution in [0.3, 0.4) is 0 Å². The van der Waals surface area contributed by atoms with Crippen molar-refractivity contribution in [1.82, 2.24) is 9.47 Å². The molecule has 0 radical (unpaired) electrons. The third-order valence-electron chi connectivity index (χ3n) is 4.86. The molecule has 0 bridgehead atoms. The first-order valence-corrected chi connectivity index (χ1v) is 9.72. The zero-order chi connectivity index (χ0) is 19.7. The SMILES string of the molecule is C#CCN1C(=O)S/C(=C\c2c(C)n(Cc3ccccc3)c3ccccc23)C1=O. The Balaban J connectivity index is 1.81. The summed E-state index contributed by atoms with van der Waals surface area (Å²) in [6.07, 6.45) is 7.10. The van der Waals surface area contributed by atoms with Crippen molar-refractivity contribution in [3.63, 3.8) is 0 Å². The molecular formula is C23H18N2O2S. The van der Waals surface area contributed by atoms with Gasteiger partial charge in [-0.15, -0.1) is 6.42 Å². The lowest BCUT2D eigenvalue weighted by molar-refractivity contribution is -0.122. The molecule has 1 aliphatic heterocycles. The maximum absolute atomic E-state index is 12.6. The molecule has 0 saturated carbocycles. The van der Waals surface area contributed by atoms with E-state index in [0.717, 1.165) is 45.4 Å². The van der Waals surface area contributed by atoms with Gasteiger partial charge in [-0.2, -0.15) is 0 Å². The molecule has 0 unspecified atom stereocenters. The molecule has 138 valence electrons. The fourth-order valence-corrected chi connectivity index (χ4v) is 4.29. The predicted molar refractivity (Wildman–Crippen MR) is 114 cm³/mol. The van der Waals surface area contributed by atoms with Gasteiger partial charge in [-0.3, -0.25) is 14.5 Å². The van der Waals surface area contributed by atoms with Crippen LogP contribution >= 0.6 is 11.8 Å². The summed E-state index contributed by atoms with van der Waals surface area (Å²) in [6.45, 7) is 2.77. The molecule has 1 saturated heterocycles. The summed E-state index contributed by atoms with van der Waals surface area (Å²) < 4.78 is 2.24. The van der Waals surface area contributed by atoms with E-state index in [1.807, 2.05) is 49.4 Å². The fraction of sp³-hybridized carbons (Fsp3) is 0.130. The third kappa shape index (κ3) is 3.12. The van der Waals surface area contributed by atoms with Crippen LogP contribution in [-0.2, 0) is 11.3 Å². The molecule has 0 atom stereocenters. The maximum Gasteiger partial charge on any atom is 0.294 e. The normalized spacial score (nSPS) is 15.6. The zero-order valence-corrected chi connectivity index (χ0v) is 16.2. The van der Waals surface area contributed by atoms with Crippen LogP contribution in [0.15, 0.2) is 59.5 Å². The van der Waals surface area contributed by atoms with Gasteiger partial charge < -0.3 is 4.57 Å². The molecule has 1 aliphatic rings. The minimum Gasteiger partial charge on any atom is -0.340 e. The van der Waals surface area contributed by atoms with Gasteiger partial charge in [0.05, 0.1) is 11.4 Å². The number of hydrogen-bond donors (Lipinski definition) is 0. The van der Waals surface area contributed by atoms with Crippen LogP contribution in [0.1, 0.15) is 16.8 Å². The van der Waals surface area contributed by atoms with Crippen LogP contribution < -0.4 is 0 Å². The number of nitrogens with zero attached hydrogens (tertiary/aromatic N) is 2. The molecule has 5 heteroatoms. The summed E-state index contributed by atoms with van der Waals surface area (Å²) in [5.41, 5.74) is 4.30. The molecule has 0 aliphatic carbocycles. The molecule has 0 N–H and O–H groups in total. The van der Waals surface area contributed by atoms with Crippen molar-refractivity contribution in [2.75, 3.05) is 6.54 Å². The van der Waals surface area contributed by atoms with E-state index in [1.54, 1.807) is 0 Å². The molecule has 4 nitrogen and oxygen atoms in total. The van der Waals surface area contributed by atoms with E-state index in [4.69, 9.17) is 6.42 Å². The Hall–Kier alpha value is -3.23. The van der Waals surface area contributed by atoms with E-state index in [2.05, 4.69) is 28.7 Å². The molecule has 3 aromatic rings. The Morgan fingerprint density at radius 2 is 1.79 bits per heavy atom. The maximum atomic E-state index is 12.6. The van der Waals surface area contributed by atoms with Gasteiger partial charge in [0.1, 0.15) is 0 Å². The average Bonchev–Trinajstić information content (AvgIpc) is 3.12. The summed E-state index contributed by atoms with van der Waals surface area (Å²) >= 11 is 0.941.